The molecule has 0 radical (unpaired) electrons. The zero-order chi connectivity index (χ0) is 21.8. The number of nitrogens with zero attached hydrogens (tertiary/aromatic N) is 2. The van der Waals surface area contributed by atoms with Gasteiger partial charge in [-0.3, -0.25) is 19.5 Å². The number of pyridine rings is 1. The summed E-state index contributed by atoms with van der Waals surface area (Å²) in [5, 5.41) is 6.16. The van der Waals surface area contributed by atoms with Crippen LogP contribution in [0.2, 0.25) is 0 Å². The van der Waals surface area contributed by atoms with Crippen LogP contribution in [0, 0.1) is 5.82 Å². The van der Waals surface area contributed by atoms with Crippen LogP contribution in [0.5, 0.6) is 0 Å². The topological polar surface area (TPSA) is 107 Å². The van der Waals surface area contributed by atoms with Crippen molar-refractivity contribution in [3.05, 3.63) is 65.9 Å². The molecule has 4 rings (SSSR count). The Morgan fingerprint density at radius 1 is 1.19 bits per heavy atom. The number of H-pyrrole nitrogens is 1. The lowest BCUT2D eigenvalue weighted by Gasteiger charge is -2.13. The Hall–Kier alpha value is -3.75. The van der Waals surface area contributed by atoms with Gasteiger partial charge in [0.1, 0.15) is 11.9 Å². The molecule has 31 heavy (non-hydrogen) atoms. The minimum absolute atomic E-state index is 0.122. The second-order valence-electron chi connectivity index (χ2n) is 7.42. The molecule has 0 spiro atoms. The summed E-state index contributed by atoms with van der Waals surface area (Å²) in [4.78, 5) is 45.1. The third kappa shape index (κ3) is 4.71. The Morgan fingerprint density at radius 3 is 2.81 bits per heavy atom. The van der Waals surface area contributed by atoms with Crippen molar-refractivity contribution in [3.8, 4) is 0 Å². The number of nitrogens with one attached hydrogen (secondary N) is 3. The second kappa shape index (κ2) is 8.95. The number of urea groups is 1. The Labute approximate surface area is 177 Å². The molecule has 0 aliphatic carbocycles. The summed E-state index contributed by atoms with van der Waals surface area (Å²) >= 11 is 0. The van der Waals surface area contributed by atoms with Gasteiger partial charge in [-0.2, -0.15) is 0 Å². The SMILES string of the molecule is O=C(CC[C@H]1NC(=O)N(CCc2c[nH]c3ccc(F)cc23)C1=O)NCc1ccncc1. The van der Waals surface area contributed by atoms with Crippen molar-refractivity contribution in [1.82, 2.24) is 25.5 Å². The average Bonchev–Trinajstić information content (AvgIpc) is 3.29. The lowest BCUT2D eigenvalue weighted by molar-refractivity contribution is -0.127. The molecular weight excluding hydrogens is 401 g/mol. The van der Waals surface area contributed by atoms with Crippen molar-refractivity contribution in [2.24, 2.45) is 0 Å². The number of hydrogen-bond acceptors (Lipinski definition) is 4. The number of fused-ring (bicyclic) bond motifs is 1. The number of aromatic nitrogens is 2. The molecule has 8 nitrogen and oxygen atoms in total. The molecule has 3 heterocycles. The van der Waals surface area contributed by atoms with Gasteiger partial charge in [0.25, 0.3) is 5.91 Å². The largest absolute Gasteiger partial charge is 0.361 e. The number of aromatic amines is 1. The maximum atomic E-state index is 13.5. The molecule has 0 saturated carbocycles. The normalized spacial score (nSPS) is 16.0. The van der Waals surface area contributed by atoms with Gasteiger partial charge in [0.05, 0.1) is 0 Å². The van der Waals surface area contributed by atoms with Crippen molar-refractivity contribution in [1.29, 1.82) is 0 Å². The maximum Gasteiger partial charge on any atom is 0.324 e. The van der Waals surface area contributed by atoms with Gasteiger partial charge >= 0.3 is 6.03 Å². The summed E-state index contributed by atoms with van der Waals surface area (Å²) < 4.78 is 13.5. The minimum atomic E-state index is -0.723. The zero-order valence-corrected chi connectivity index (χ0v) is 16.7. The molecule has 1 atom stereocenters. The lowest BCUT2D eigenvalue weighted by atomic mass is 10.1. The van der Waals surface area contributed by atoms with E-state index in [2.05, 4.69) is 20.6 Å². The van der Waals surface area contributed by atoms with Crippen molar-refractivity contribution < 1.29 is 18.8 Å². The number of benzene rings is 1. The quantitative estimate of drug-likeness (QED) is 0.483. The fraction of sp³-hybridized carbons (Fsp3) is 0.273. The third-order valence-corrected chi connectivity index (χ3v) is 5.34. The highest BCUT2D eigenvalue weighted by Crippen LogP contribution is 2.21. The standard InChI is InChI=1S/C22H22FN5O3/c23-16-1-2-18-17(11-16)15(13-25-18)7-10-28-21(30)19(27-22(28)31)3-4-20(29)26-12-14-5-8-24-9-6-14/h1-2,5-6,8-9,11,13,19,25H,3-4,7,10,12H2,(H,26,29)(H,27,31)/t19-/m1/s1. The van der Waals surface area contributed by atoms with Crippen molar-refractivity contribution in [2.45, 2.75) is 31.8 Å². The Bertz CT molecular complexity index is 1110. The van der Waals surface area contributed by atoms with E-state index >= 15 is 0 Å². The number of carbonyl (C=O) groups is 3. The van der Waals surface area contributed by atoms with E-state index in [0.717, 1.165) is 26.9 Å². The van der Waals surface area contributed by atoms with Gasteiger partial charge in [0, 0.05) is 49.0 Å². The van der Waals surface area contributed by atoms with Crippen LogP contribution in [-0.4, -0.2) is 45.3 Å². The number of hydrogen-bond donors (Lipinski definition) is 3. The highest BCUT2D eigenvalue weighted by atomic mass is 19.1. The summed E-state index contributed by atoms with van der Waals surface area (Å²) in [6.07, 6.45) is 5.80. The van der Waals surface area contributed by atoms with Gasteiger partial charge in [0.15, 0.2) is 0 Å². The predicted octanol–water partition coefficient (Wildman–Crippen LogP) is 2.26. The molecule has 4 amide bonds. The highest BCUT2D eigenvalue weighted by molar-refractivity contribution is 6.04. The lowest BCUT2D eigenvalue weighted by Crippen LogP contribution is -2.33. The number of amides is 4. The van der Waals surface area contributed by atoms with Gasteiger partial charge in [-0.05, 0) is 54.3 Å². The van der Waals surface area contributed by atoms with Crippen LogP contribution in [0.3, 0.4) is 0 Å². The van der Waals surface area contributed by atoms with Crippen molar-refractivity contribution in [2.75, 3.05) is 6.54 Å². The summed E-state index contributed by atoms with van der Waals surface area (Å²) in [6.45, 7) is 0.558. The first-order chi connectivity index (χ1) is 15.0. The third-order valence-electron chi connectivity index (χ3n) is 5.34. The van der Waals surface area contributed by atoms with E-state index in [9.17, 15) is 18.8 Å². The monoisotopic (exact) mass is 423 g/mol. The van der Waals surface area contributed by atoms with Crippen LogP contribution in [0.1, 0.15) is 24.0 Å². The number of imide groups is 1. The van der Waals surface area contributed by atoms with E-state index in [1.54, 1.807) is 36.8 Å². The fourth-order valence-electron chi connectivity index (χ4n) is 3.64. The van der Waals surface area contributed by atoms with E-state index in [-0.39, 0.29) is 37.0 Å². The predicted molar refractivity (Wildman–Crippen MR) is 111 cm³/mol. The fourth-order valence-corrected chi connectivity index (χ4v) is 3.64. The molecule has 2 aromatic heterocycles. The van der Waals surface area contributed by atoms with E-state index in [1.807, 2.05) is 0 Å². The molecule has 1 aromatic carbocycles. The molecular formula is C22H22FN5O3. The van der Waals surface area contributed by atoms with Gasteiger partial charge in [-0.15, -0.1) is 0 Å². The number of halogens is 1. The van der Waals surface area contributed by atoms with Gasteiger partial charge < -0.3 is 15.6 Å². The molecule has 1 saturated heterocycles. The first-order valence-electron chi connectivity index (χ1n) is 10.0. The first kappa shape index (κ1) is 20.5. The summed E-state index contributed by atoms with van der Waals surface area (Å²) in [6, 6.07) is 6.87. The zero-order valence-electron chi connectivity index (χ0n) is 16.7. The summed E-state index contributed by atoms with van der Waals surface area (Å²) in [7, 11) is 0. The van der Waals surface area contributed by atoms with Gasteiger partial charge in [0.2, 0.25) is 5.91 Å². The Kier molecular flexibility index (Phi) is 5.92. The van der Waals surface area contributed by atoms with Crippen molar-refractivity contribution >= 4 is 28.7 Å². The average molecular weight is 423 g/mol. The van der Waals surface area contributed by atoms with E-state index in [1.165, 1.54) is 12.1 Å². The molecule has 3 N–H and O–H groups in total. The Balaban J connectivity index is 1.28. The van der Waals surface area contributed by atoms with E-state index in [4.69, 9.17) is 0 Å². The van der Waals surface area contributed by atoms with E-state index < -0.39 is 12.1 Å². The Morgan fingerprint density at radius 2 is 2.00 bits per heavy atom. The van der Waals surface area contributed by atoms with Gasteiger partial charge in [-0.1, -0.05) is 0 Å². The second-order valence-corrected chi connectivity index (χ2v) is 7.42. The van der Waals surface area contributed by atoms with Crippen LogP contribution in [0.25, 0.3) is 10.9 Å². The molecule has 9 heteroatoms. The molecule has 3 aromatic rings. The smallest absolute Gasteiger partial charge is 0.324 e. The van der Waals surface area contributed by atoms with Crippen LogP contribution in [-0.2, 0) is 22.6 Å². The summed E-state index contributed by atoms with van der Waals surface area (Å²) in [5.74, 6) is -0.887. The number of rotatable bonds is 8. The molecule has 0 bridgehead atoms. The van der Waals surface area contributed by atoms with Crippen LogP contribution >= 0.6 is 0 Å². The minimum Gasteiger partial charge on any atom is -0.361 e. The van der Waals surface area contributed by atoms with Gasteiger partial charge in [-0.25, -0.2) is 9.18 Å². The van der Waals surface area contributed by atoms with Crippen molar-refractivity contribution in [3.63, 3.8) is 0 Å². The molecule has 1 aliphatic rings. The van der Waals surface area contributed by atoms with Crippen LogP contribution < -0.4 is 10.6 Å². The van der Waals surface area contributed by atoms with Crippen LogP contribution in [0.4, 0.5) is 9.18 Å². The first-order valence-corrected chi connectivity index (χ1v) is 10.0. The maximum absolute atomic E-state index is 13.5. The molecule has 160 valence electrons. The van der Waals surface area contributed by atoms with E-state index in [0.29, 0.717) is 13.0 Å². The highest BCUT2D eigenvalue weighted by Gasteiger charge is 2.37. The van der Waals surface area contributed by atoms with Crippen LogP contribution in [0.15, 0.2) is 48.9 Å². The summed E-state index contributed by atoms with van der Waals surface area (Å²) in [5.41, 5.74) is 2.55. The number of carbonyl (C=O) groups excluding carboxylic acids is 3. The molecule has 1 fully saturated rings. The molecule has 0 unspecified atom stereocenters. The molecule has 1 aliphatic heterocycles.